The minimum atomic E-state index is -3.35. The number of unbranched alkanes of at least 4 members (excludes halogenated alkanes) is 1. The molecule has 1 saturated heterocycles. The summed E-state index contributed by atoms with van der Waals surface area (Å²) in [6.07, 6.45) is 8.83. The number of hydrogen-bond donors (Lipinski definition) is 0. The molecule has 6 nitrogen and oxygen atoms in total. The summed E-state index contributed by atoms with van der Waals surface area (Å²) >= 11 is 0. The number of sulfone groups is 1. The molecule has 2 fully saturated rings. The zero-order chi connectivity index (χ0) is 19.4. The van der Waals surface area contributed by atoms with Gasteiger partial charge in [-0.3, -0.25) is 9.69 Å². The molecule has 0 radical (unpaired) electrons. The zero-order valence-corrected chi connectivity index (χ0v) is 17.5. The molecule has 27 heavy (non-hydrogen) atoms. The van der Waals surface area contributed by atoms with Crippen LogP contribution in [0.15, 0.2) is 11.4 Å². The Labute approximate surface area is 163 Å². The van der Waals surface area contributed by atoms with Crippen molar-refractivity contribution in [3.05, 3.63) is 11.9 Å². The third-order valence-corrected chi connectivity index (χ3v) is 7.85. The Morgan fingerprint density at radius 2 is 2.04 bits per heavy atom. The molecule has 2 aliphatic rings. The molecule has 0 spiro atoms. The fourth-order valence-corrected chi connectivity index (χ4v) is 5.99. The van der Waals surface area contributed by atoms with Crippen LogP contribution in [0.5, 0.6) is 0 Å². The van der Waals surface area contributed by atoms with Gasteiger partial charge in [0.05, 0.1) is 17.6 Å². The molecule has 1 aromatic rings. The summed E-state index contributed by atoms with van der Waals surface area (Å²) < 4.78 is 27.8. The third-order valence-electron chi connectivity index (χ3n) is 6.06. The second-order valence-electron chi connectivity index (χ2n) is 8.30. The second kappa shape index (κ2) is 8.86. The van der Waals surface area contributed by atoms with Gasteiger partial charge in [0.1, 0.15) is 5.78 Å². The Morgan fingerprint density at radius 1 is 1.26 bits per heavy atom. The van der Waals surface area contributed by atoms with Gasteiger partial charge in [-0.1, -0.05) is 19.8 Å². The molecule has 0 amide bonds. The van der Waals surface area contributed by atoms with Crippen molar-refractivity contribution >= 4 is 15.6 Å². The van der Waals surface area contributed by atoms with Crippen LogP contribution in [0.2, 0.25) is 0 Å². The van der Waals surface area contributed by atoms with Crippen molar-refractivity contribution in [2.24, 2.45) is 11.8 Å². The van der Waals surface area contributed by atoms with E-state index in [0.717, 1.165) is 63.7 Å². The number of aromatic nitrogens is 2. The molecule has 3 rings (SSSR count). The van der Waals surface area contributed by atoms with Crippen LogP contribution in [0, 0.1) is 11.8 Å². The maximum atomic E-state index is 12.9. The molecule has 7 heteroatoms. The number of ketones is 1. The minimum Gasteiger partial charge on any atom is -0.318 e. The van der Waals surface area contributed by atoms with Crippen LogP contribution in [0.1, 0.15) is 64.5 Å². The van der Waals surface area contributed by atoms with E-state index < -0.39 is 9.84 Å². The van der Waals surface area contributed by atoms with Crippen molar-refractivity contribution in [3.63, 3.8) is 0 Å². The number of Topliss-reactive ketones (excluding diaryl/α,β-unsaturated/α-hetero) is 1. The fourth-order valence-electron chi connectivity index (χ4n) is 4.13. The minimum absolute atomic E-state index is 0.104. The van der Waals surface area contributed by atoms with Gasteiger partial charge in [0.25, 0.3) is 0 Å². The summed E-state index contributed by atoms with van der Waals surface area (Å²) in [6.45, 7) is 6.85. The summed E-state index contributed by atoms with van der Waals surface area (Å²) in [5.41, 5.74) is 0.958. The number of imidazole rings is 1. The molecule has 1 aromatic heterocycles. The molecule has 1 aliphatic heterocycles. The largest absolute Gasteiger partial charge is 0.318 e. The SMILES string of the molecule is CCCCn1c(CN2CCC[C@H](C(C)=O)C2)cnc1S(=O)(=O)CC1CCC1. The number of carbonyl (C=O) groups excluding carboxylic acids is 1. The van der Waals surface area contributed by atoms with Gasteiger partial charge in [0.15, 0.2) is 0 Å². The van der Waals surface area contributed by atoms with E-state index >= 15 is 0 Å². The summed E-state index contributed by atoms with van der Waals surface area (Å²) in [5.74, 6) is 0.884. The van der Waals surface area contributed by atoms with Crippen molar-refractivity contribution in [3.8, 4) is 0 Å². The lowest BCUT2D eigenvalue weighted by molar-refractivity contribution is -0.122. The fraction of sp³-hybridized carbons (Fsp3) is 0.800. The van der Waals surface area contributed by atoms with E-state index in [2.05, 4.69) is 16.8 Å². The van der Waals surface area contributed by atoms with Gasteiger partial charge in [-0.05, 0) is 51.5 Å². The molecular weight excluding hydrogens is 362 g/mol. The Bertz CT molecular complexity index is 753. The smallest absolute Gasteiger partial charge is 0.227 e. The first-order valence-electron chi connectivity index (χ1n) is 10.4. The van der Waals surface area contributed by atoms with Crippen molar-refractivity contribution in [1.82, 2.24) is 14.5 Å². The quantitative estimate of drug-likeness (QED) is 0.642. The lowest BCUT2D eigenvalue weighted by Gasteiger charge is -2.31. The van der Waals surface area contributed by atoms with E-state index in [9.17, 15) is 13.2 Å². The number of rotatable bonds is 9. The lowest BCUT2D eigenvalue weighted by Crippen LogP contribution is -2.38. The standard InChI is InChI=1S/C20H33N3O3S/c1-3-4-11-23-19(14-22-10-6-9-18(13-22)16(2)24)12-21-20(23)27(25,26)15-17-7-5-8-17/h12,17-18H,3-11,13-15H2,1-2H3/t18-/m0/s1. The average Bonchev–Trinajstić information content (AvgIpc) is 3.00. The molecule has 1 aliphatic carbocycles. The molecule has 0 unspecified atom stereocenters. The van der Waals surface area contributed by atoms with Crippen molar-refractivity contribution < 1.29 is 13.2 Å². The van der Waals surface area contributed by atoms with E-state index in [4.69, 9.17) is 0 Å². The molecule has 2 heterocycles. The predicted octanol–water partition coefficient (Wildman–Crippen LogP) is 3.06. The van der Waals surface area contributed by atoms with Crippen molar-refractivity contribution in [2.75, 3.05) is 18.8 Å². The average molecular weight is 396 g/mol. The van der Waals surface area contributed by atoms with Crippen molar-refractivity contribution in [1.29, 1.82) is 0 Å². The normalized spacial score (nSPS) is 21.9. The maximum absolute atomic E-state index is 12.9. The highest BCUT2D eigenvalue weighted by molar-refractivity contribution is 7.91. The van der Waals surface area contributed by atoms with Crippen molar-refractivity contribution in [2.45, 2.75) is 77.0 Å². The summed E-state index contributed by atoms with van der Waals surface area (Å²) in [4.78, 5) is 18.4. The Hall–Kier alpha value is -1.21. The second-order valence-corrected chi connectivity index (χ2v) is 10.2. The highest BCUT2D eigenvalue weighted by atomic mass is 32.2. The molecule has 0 bridgehead atoms. The first kappa shape index (κ1) is 20.5. The van der Waals surface area contributed by atoms with Gasteiger partial charge < -0.3 is 4.57 Å². The van der Waals surface area contributed by atoms with E-state index in [0.29, 0.717) is 19.0 Å². The van der Waals surface area contributed by atoms with Crippen LogP contribution in [-0.4, -0.2) is 47.5 Å². The van der Waals surface area contributed by atoms with Crippen LogP contribution >= 0.6 is 0 Å². The van der Waals surface area contributed by atoms with Crippen LogP contribution in [0.4, 0.5) is 0 Å². The van der Waals surface area contributed by atoms with E-state index in [1.54, 1.807) is 13.1 Å². The topological polar surface area (TPSA) is 72.3 Å². The first-order chi connectivity index (χ1) is 12.9. The zero-order valence-electron chi connectivity index (χ0n) is 16.7. The lowest BCUT2D eigenvalue weighted by atomic mass is 9.87. The third kappa shape index (κ3) is 4.99. The van der Waals surface area contributed by atoms with Crippen LogP contribution < -0.4 is 0 Å². The summed E-state index contributed by atoms with van der Waals surface area (Å²) in [6, 6.07) is 0. The number of likely N-dealkylation sites (tertiary alicyclic amines) is 1. The highest BCUT2D eigenvalue weighted by Crippen LogP contribution is 2.30. The number of carbonyl (C=O) groups is 1. The molecule has 1 atom stereocenters. The Morgan fingerprint density at radius 3 is 2.67 bits per heavy atom. The van der Waals surface area contributed by atoms with E-state index in [1.165, 1.54) is 0 Å². The van der Waals surface area contributed by atoms with Gasteiger partial charge in [0, 0.05) is 25.6 Å². The highest BCUT2D eigenvalue weighted by Gasteiger charge is 2.30. The van der Waals surface area contributed by atoms with Gasteiger partial charge in [-0.25, -0.2) is 13.4 Å². The van der Waals surface area contributed by atoms with Gasteiger partial charge in [-0.15, -0.1) is 0 Å². The molecular formula is C20H33N3O3S. The van der Waals surface area contributed by atoms with Crippen LogP contribution in [0.3, 0.4) is 0 Å². The molecule has 1 saturated carbocycles. The Balaban J connectivity index is 1.78. The molecule has 0 aromatic carbocycles. The van der Waals surface area contributed by atoms with Crippen LogP contribution in [-0.2, 0) is 27.7 Å². The maximum Gasteiger partial charge on any atom is 0.227 e. The summed E-state index contributed by atoms with van der Waals surface area (Å²) in [5, 5.41) is 0.248. The summed E-state index contributed by atoms with van der Waals surface area (Å²) in [7, 11) is -3.35. The van der Waals surface area contributed by atoms with Crippen LogP contribution in [0.25, 0.3) is 0 Å². The Kier molecular flexibility index (Phi) is 6.74. The van der Waals surface area contributed by atoms with Gasteiger partial charge in [0.2, 0.25) is 15.0 Å². The predicted molar refractivity (Wildman–Crippen MR) is 105 cm³/mol. The van der Waals surface area contributed by atoms with E-state index in [1.807, 2.05) is 4.57 Å². The van der Waals surface area contributed by atoms with Gasteiger partial charge >= 0.3 is 0 Å². The number of piperidine rings is 1. The van der Waals surface area contributed by atoms with E-state index in [-0.39, 0.29) is 22.6 Å². The monoisotopic (exact) mass is 395 g/mol. The molecule has 0 N–H and O–H groups in total. The number of hydrogen-bond acceptors (Lipinski definition) is 5. The molecule has 152 valence electrons. The first-order valence-corrected chi connectivity index (χ1v) is 12.1. The van der Waals surface area contributed by atoms with Gasteiger partial charge in [-0.2, -0.15) is 0 Å². The number of nitrogens with zero attached hydrogens (tertiary/aromatic N) is 3.